The van der Waals surface area contributed by atoms with Gasteiger partial charge in [0.1, 0.15) is 18.7 Å². The molecule has 1 N–H and O–H groups in total. The molecular formula is C21H25N5O8. The lowest BCUT2D eigenvalue weighted by Crippen LogP contribution is -2.54. The van der Waals surface area contributed by atoms with Gasteiger partial charge < -0.3 is 19.9 Å². The Balaban J connectivity index is 1.51. The summed E-state index contributed by atoms with van der Waals surface area (Å²) in [6.45, 7) is 5.17. The highest BCUT2D eigenvalue weighted by atomic mass is 16.6. The molecule has 0 spiro atoms. The predicted octanol–water partition coefficient (Wildman–Crippen LogP) is 0.386. The summed E-state index contributed by atoms with van der Waals surface area (Å²) in [6, 6.07) is 3.35. The molecule has 1 saturated heterocycles. The van der Waals surface area contributed by atoms with Gasteiger partial charge >= 0.3 is 6.09 Å². The molecule has 2 heterocycles. The second-order valence-corrected chi connectivity index (χ2v) is 8.80. The molecule has 0 atom stereocenters. The molecule has 0 saturated carbocycles. The van der Waals surface area contributed by atoms with Crippen LogP contribution in [0, 0.1) is 10.1 Å². The number of piperazine rings is 1. The summed E-state index contributed by atoms with van der Waals surface area (Å²) in [5.41, 5.74) is -1.11. The summed E-state index contributed by atoms with van der Waals surface area (Å²) >= 11 is 0. The minimum Gasteiger partial charge on any atom is -0.444 e. The van der Waals surface area contributed by atoms with Crippen LogP contribution in [0.1, 0.15) is 41.5 Å². The van der Waals surface area contributed by atoms with E-state index >= 15 is 0 Å². The fourth-order valence-corrected chi connectivity index (χ4v) is 3.55. The van der Waals surface area contributed by atoms with Gasteiger partial charge in [-0.15, -0.1) is 0 Å². The number of benzene rings is 1. The zero-order valence-electron chi connectivity index (χ0n) is 19.0. The first kappa shape index (κ1) is 24.6. The number of ether oxygens (including phenoxy) is 1. The van der Waals surface area contributed by atoms with Crippen molar-refractivity contribution in [1.29, 1.82) is 0 Å². The topological polar surface area (TPSA) is 159 Å². The predicted molar refractivity (Wildman–Crippen MR) is 116 cm³/mol. The van der Waals surface area contributed by atoms with Crippen molar-refractivity contribution >= 4 is 35.4 Å². The Morgan fingerprint density at radius 3 is 2.12 bits per heavy atom. The first-order valence-electron chi connectivity index (χ1n) is 10.5. The summed E-state index contributed by atoms with van der Waals surface area (Å²) in [5, 5.41) is 13.3. The Morgan fingerprint density at radius 1 is 1.00 bits per heavy atom. The normalized spacial score (nSPS) is 15.8. The van der Waals surface area contributed by atoms with E-state index in [-0.39, 0.29) is 55.4 Å². The third-order valence-corrected chi connectivity index (χ3v) is 5.23. The molecule has 182 valence electrons. The van der Waals surface area contributed by atoms with E-state index in [0.717, 1.165) is 17.0 Å². The molecule has 0 unspecified atom stereocenters. The number of carbonyl (C=O) groups excluding carboxylic acids is 5. The van der Waals surface area contributed by atoms with Crippen LogP contribution < -0.4 is 5.32 Å². The maximum absolute atomic E-state index is 12.7. The second kappa shape index (κ2) is 9.45. The number of nitrogens with one attached hydrogen (secondary N) is 1. The van der Waals surface area contributed by atoms with Crippen LogP contribution in [0.25, 0.3) is 0 Å². The zero-order valence-corrected chi connectivity index (χ0v) is 19.0. The number of nitrogens with zero attached hydrogens (tertiary/aromatic N) is 4. The van der Waals surface area contributed by atoms with Crippen LogP contribution in [0.4, 0.5) is 10.5 Å². The first-order valence-corrected chi connectivity index (χ1v) is 10.5. The molecule has 5 amide bonds. The van der Waals surface area contributed by atoms with E-state index < -0.39 is 40.9 Å². The number of hydrogen-bond acceptors (Lipinski definition) is 8. The quantitative estimate of drug-likeness (QED) is 0.364. The Bertz CT molecular complexity index is 1060. The number of nitro groups is 1. The molecule has 13 heteroatoms. The molecule has 0 radical (unpaired) electrons. The molecule has 1 fully saturated rings. The maximum atomic E-state index is 12.7. The Hall–Kier alpha value is -4.03. The first-order chi connectivity index (χ1) is 15.9. The van der Waals surface area contributed by atoms with Crippen LogP contribution in [-0.4, -0.2) is 94.2 Å². The van der Waals surface area contributed by atoms with Crippen LogP contribution in [0.15, 0.2) is 18.2 Å². The van der Waals surface area contributed by atoms with Gasteiger partial charge in [-0.05, 0) is 26.8 Å². The molecule has 2 aliphatic rings. The average molecular weight is 475 g/mol. The standard InChI is InChI=1S/C21H25N5O8/c1-21(2,3)34-20(31)22-11-16(27)23-6-8-24(9-7-23)17(28)12-25-18(29)14-5-4-13(26(32)33)10-15(14)19(25)30/h4-5,10H,6-9,11-12H2,1-3H3,(H,22,31). The van der Waals surface area contributed by atoms with Crippen molar-refractivity contribution in [3.8, 4) is 0 Å². The molecule has 34 heavy (non-hydrogen) atoms. The SMILES string of the molecule is CC(C)(C)OC(=O)NCC(=O)N1CCN(C(=O)CN2C(=O)c3ccc([N+](=O)[O-])cc3C2=O)CC1. The number of alkyl carbamates (subject to hydrolysis) is 1. The van der Waals surface area contributed by atoms with Gasteiger partial charge in [-0.25, -0.2) is 4.79 Å². The van der Waals surface area contributed by atoms with Crippen LogP contribution in [-0.2, 0) is 14.3 Å². The summed E-state index contributed by atoms with van der Waals surface area (Å²) in [7, 11) is 0. The van der Waals surface area contributed by atoms with Crippen molar-refractivity contribution in [3.05, 3.63) is 39.4 Å². The average Bonchev–Trinajstić information content (AvgIpc) is 3.00. The van der Waals surface area contributed by atoms with E-state index in [4.69, 9.17) is 4.74 Å². The van der Waals surface area contributed by atoms with E-state index in [0.29, 0.717) is 0 Å². The monoisotopic (exact) mass is 475 g/mol. The number of non-ortho nitro benzene ring substituents is 1. The van der Waals surface area contributed by atoms with Gasteiger partial charge in [0.05, 0.1) is 16.1 Å². The third kappa shape index (κ3) is 5.47. The zero-order chi connectivity index (χ0) is 25.2. The fourth-order valence-electron chi connectivity index (χ4n) is 3.55. The van der Waals surface area contributed by atoms with Gasteiger partial charge in [0.25, 0.3) is 17.5 Å². The molecule has 0 aromatic heterocycles. The molecule has 2 aliphatic heterocycles. The van der Waals surface area contributed by atoms with E-state index in [2.05, 4.69) is 5.32 Å². The smallest absolute Gasteiger partial charge is 0.408 e. The summed E-state index contributed by atoms with van der Waals surface area (Å²) in [6.07, 6.45) is -0.707. The lowest BCUT2D eigenvalue weighted by atomic mass is 10.1. The molecule has 3 rings (SSSR count). The number of fused-ring (bicyclic) bond motifs is 1. The van der Waals surface area contributed by atoms with E-state index in [1.165, 1.54) is 15.9 Å². The number of imide groups is 1. The van der Waals surface area contributed by atoms with E-state index in [1.807, 2.05) is 0 Å². The van der Waals surface area contributed by atoms with Crippen LogP contribution in [0.2, 0.25) is 0 Å². The molecule has 0 aliphatic carbocycles. The van der Waals surface area contributed by atoms with Gasteiger partial charge in [0.15, 0.2) is 0 Å². The molecule has 1 aromatic rings. The number of hydrogen-bond donors (Lipinski definition) is 1. The van der Waals surface area contributed by atoms with Crippen molar-refractivity contribution in [1.82, 2.24) is 20.0 Å². The molecule has 1 aromatic carbocycles. The van der Waals surface area contributed by atoms with Crippen molar-refractivity contribution in [2.75, 3.05) is 39.3 Å². The van der Waals surface area contributed by atoms with Gasteiger partial charge in [0.2, 0.25) is 11.8 Å². The van der Waals surface area contributed by atoms with Crippen molar-refractivity contribution in [2.24, 2.45) is 0 Å². The molecule has 13 nitrogen and oxygen atoms in total. The summed E-state index contributed by atoms with van der Waals surface area (Å²) in [5.74, 6) is -2.27. The summed E-state index contributed by atoms with van der Waals surface area (Å²) < 4.78 is 5.08. The van der Waals surface area contributed by atoms with Crippen molar-refractivity contribution in [2.45, 2.75) is 26.4 Å². The van der Waals surface area contributed by atoms with Gasteiger partial charge in [0, 0.05) is 38.3 Å². The van der Waals surface area contributed by atoms with Gasteiger partial charge in [-0.3, -0.25) is 34.2 Å². The van der Waals surface area contributed by atoms with Gasteiger partial charge in [-0.2, -0.15) is 0 Å². The maximum Gasteiger partial charge on any atom is 0.408 e. The number of nitro benzene ring substituents is 1. The minimum atomic E-state index is -0.765. The largest absolute Gasteiger partial charge is 0.444 e. The number of amides is 5. The number of rotatable bonds is 5. The van der Waals surface area contributed by atoms with Crippen molar-refractivity contribution in [3.63, 3.8) is 0 Å². The molecule has 0 bridgehead atoms. The lowest BCUT2D eigenvalue weighted by Gasteiger charge is -2.35. The van der Waals surface area contributed by atoms with Crippen LogP contribution >= 0.6 is 0 Å². The van der Waals surface area contributed by atoms with E-state index in [1.54, 1.807) is 20.8 Å². The highest BCUT2D eigenvalue weighted by Gasteiger charge is 2.39. The second-order valence-electron chi connectivity index (χ2n) is 8.80. The third-order valence-electron chi connectivity index (χ3n) is 5.23. The van der Waals surface area contributed by atoms with Crippen LogP contribution in [0.3, 0.4) is 0 Å². The van der Waals surface area contributed by atoms with E-state index in [9.17, 15) is 34.1 Å². The van der Waals surface area contributed by atoms with Crippen LogP contribution in [0.5, 0.6) is 0 Å². The highest BCUT2D eigenvalue weighted by molar-refractivity contribution is 6.22. The van der Waals surface area contributed by atoms with Gasteiger partial charge in [-0.1, -0.05) is 0 Å². The van der Waals surface area contributed by atoms with Crippen molar-refractivity contribution < 1.29 is 33.6 Å². The Labute approximate surface area is 194 Å². The highest BCUT2D eigenvalue weighted by Crippen LogP contribution is 2.26. The lowest BCUT2D eigenvalue weighted by molar-refractivity contribution is -0.384. The number of carbonyl (C=O) groups is 5. The molecular weight excluding hydrogens is 450 g/mol. The fraction of sp³-hybridized carbons (Fsp3) is 0.476. The Morgan fingerprint density at radius 2 is 1.56 bits per heavy atom. The Kier molecular flexibility index (Phi) is 6.84. The minimum absolute atomic E-state index is 0.0105. The summed E-state index contributed by atoms with van der Waals surface area (Å²) in [4.78, 5) is 75.7.